The number of hydrogen-bond donors (Lipinski definition) is 1. The SMILES string of the molecule is CC1Cc2c(B3OC(C)(C)C(C)(C)O3)cccc2N1c1nc2c(c(NCc3cccc(F)c3)n1)COCC2. The van der Waals surface area contributed by atoms with Crippen LogP contribution < -0.4 is 15.7 Å². The highest BCUT2D eigenvalue weighted by Gasteiger charge is 2.52. The monoisotopic (exact) mass is 516 g/mol. The maximum Gasteiger partial charge on any atom is 0.495 e. The van der Waals surface area contributed by atoms with Gasteiger partial charge in [0.15, 0.2) is 0 Å². The van der Waals surface area contributed by atoms with Crippen LogP contribution in [0.3, 0.4) is 0 Å². The summed E-state index contributed by atoms with van der Waals surface area (Å²) >= 11 is 0. The Balaban J connectivity index is 1.35. The summed E-state index contributed by atoms with van der Waals surface area (Å²) in [6, 6.07) is 13.0. The molecule has 0 radical (unpaired) electrons. The van der Waals surface area contributed by atoms with Gasteiger partial charge in [-0.25, -0.2) is 9.37 Å². The molecule has 0 bridgehead atoms. The average molecular weight is 516 g/mol. The summed E-state index contributed by atoms with van der Waals surface area (Å²) in [6.07, 6.45) is 1.56. The van der Waals surface area contributed by atoms with Crippen molar-refractivity contribution < 1.29 is 18.4 Å². The Hall–Kier alpha value is -3.01. The number of ether oxygens (including phenoxy) is 1. The molecule has 0 aliphatic carbocycles. The Morgan fingerprint density at radius 3 is 2.58 bits per heavy atom. The molecule has 198 valence electrons. The fourth-order valence-corrected chi connectivity index (χ4v) is 5.47. The first kappa shape index (κ1) is 25.3. The van der Waals surface area contributed by atoms with Crippen LogP contribution >= 0.6 is 0 Å². The molecule has 0 spiro atoms. The summed E-state index contributed by atoms with van der Waals surface area (Å²) in [5.74, 6) is 1.14. The molecule has 1 unspecified atom stereocenters. The number of rotatable bonds is 5. The number of halogens is 1. The number of hydrogen-bond acceptors (Lipinski definition) is 7. The second-order valence-corrected chi connectivity index (χ2v) is 11.4. The molecule has 4 heterocycles. The Labute approximate surface area is 223 Å². The first-order valence-electron chi connectivity index (χ1n) is 13.4. The van der Waals surface area contributed by atoms with Crippen molar-refractivity contribution in [2.45, 2.75) is 77.9 Å². The van der Waals surface area contributed by atoms with Gasteiger partial charge in [-0.3, -0.25) is 0 Å². The number of fused-ring (bicyclic) bond motifs is 2. The molecule has 3 aliphatic rings. The molecule has 7 nitrogen and oxygen atoms in total. The third-order valence-electron chi connectivity index (χ3n) is 8.27. The zero-order chi connectivity index (χ0) is 26.7. The molecule has 0 saturated carbocycles. The van der Waals surface area contributed by atoms with E-state index in [0.29, 0.717) is 25.7 Å². The van der Waals surface area contributed by atoms with Gasteiger partial charge in [-0.05, 0) is 75.8 Å². The van der Waals surface area contributed by atoms with Gasteiger partial charge in [-0.2, -0.15) is 4.98 Å². The van der Waals surface area contributed by atoms with Crippen molar-refractivity contribution in [1.82, 2.24) is 9.97 Å². The molecule has 1 saturated heterocycles. The highest BCUT2D eigenvalue weighted by atomic mass is 19.1. The minimum Gasteiger partial charge on any atom is -0.399 e. The Bertz CT molecular complexity index is 1370. The summed E-state index contributed by atoms with van der Waals surface area (Å²) in [7, 11) is -0.424. The van der Waals surface area contributed by atoms with E-state index < -0.39 is 18.3 Å². The standard InChI is InChI=1S/C29H34BFN4O3/c1-18-14-21-23(30-37-28(2,3)29(4,5)38-30)10-7-11-25(21)35(18)27-33-24-12-13-36-17-22(24)26(34-27)32-16-19-8-6-9-20(31)15-19/h6-11,15,18H,12-14,16-17H2,1-5H3,(H,32,33,34). The van der Waals surface area contributed by atoms with Gasteiger partial charge < -0.3 is 24.3 Å². The number of nitrogens with zero attached hydrogens (tertiary/aromatic N) is 3. The van der Waals surface area contributed by atoms with E-state index in [1.54, 1.807) is 6.07 Å². The largest absolute Gasteiger partial charge is 0.495 e. The van der Waals surface area contributed by atoms with Crippen LogP contribution in [0.2, 0.25) is 0 Å². The predicted molar refractivity (Wildman–Crippen MR) is 147 cm³/mol. The molecule has 6 rings (SSSR count). The van der Waals surface area contributed by atoms with Crippen LogP contribution in [0.25, 0.3) is 0 Å². The van der Waals surface area contributed by atoms with E-state index in [9.17, 15) is 4.39 Å². The van der Waals surface area contributed by atoms with Crippen LogP contribution in [0.5, 0.6) is 0 Å². The van der Waals surface area contributed by atoms with Crippen LogP contribution in [0, 0.1) is 5.82 Å². The van der Waals surface area contributed by atoms with Crippen LogP contribution in [0.15, 0.2) is 42.5 Å². The third-order valence-corrected chi connectivity index (χ3v) is 8.27. The molecule has 1 atom stereocenters. The number of nitrogens with one attached hydrogen (secondary N) is 1. The molecule has 3 aliphatic heterocycles. The van der Waals surface area contributed by atoms with Gasteiger partial charge in [-0.15, -0.1) is 0 Å². The van der Waals surface area contributed by atoms with E-state index in [4.69, 9.17) is 24.0 Å². The minimum atomic E-state index is -0.424. The van der Waals surface area contributed by atoms with E-state index in [0.717, 1.165) is 46.6 Å². The van der Waals surface area contributed by atoms with Crippen LogP contribution in [-0.2, 0) is 40.0 Å². The number of aromatic nitrogens is 2. The zero-order valence-corrected chi connectivity index (χ0v) is 22.7. The van der Waals surface area contributed by atoms with Gasteiger partial charge in [0, 0.05) is 30.3 Å². The lowest BCUT2D eigenvalue weighted by atomic mass is 9.75. The van der Waals surface area contributed by atoms with Gasteiger partial charge >= 0.3 is 7.12 Å². The first-order chi connectivity index (χ1) is 18.1. The second-order valence-electron chi connectivity index (χ2n) is 11.4. The van der Waals surface area contributed by atoms with Crippen molar-refractivity contribution in [2.24, 2.45) is 0 Å². The van der Waals surface area contributed by atoms with Crippen molar-refractivity contribution in [3.05, 3.63) is 70.7 Å². The van der Waals surface area contributed by atoms with Gasteiger partial charge in [0.1, 0.15) is 11.6 Å². The maximum atomic E-state index is 13.8. The van der Waals surface area contributed by atoms with Gasteiger partial charge in [0.05, 0.1) is 30.1 Å². The lowest BCUT2D eigenvalue weighted by Gasteiger charge is -2.32. The predicted octanol–water partition coefficient (Wildman–Crippen LogP) is 4.68. The first-order valence-corrected chi connectivity index (χ1v) is 13.4. The van der Waals surface area contributed by atoms with Crippen LogP contribution in [-0.4, -0.2) is 40.9 Å². The Morgan fingerprint density at radius 2 is 1.82 bits per heavy atom. The zero-order valence-electron chi connectivity index (χ0n) is 22.7. The molecule has 9 heteroatoms. The Morgan fingerprint density at radius 1 is 1.05 bits per heavy atom. The maximum absolute atomic E-state index is 13.8. The molecule has 1 aromatic heterocycles. The summed E-state index contributed by atoms with van der Waals surface area (Å²) in [4.78, 5) is 12.2. The van der Waals surface area contributed by atoms with Crippen LogP contribution in [0.1, 0.15) is 57.0 Å². The highest BCUT2D eigenvalue weighted by molar-refractivity contribution is 6.62. The highest BCUT2D eigenvalue weighted by Crippen LogP contribution is 2.41. The van der Waals surface area contributed by atoms with Crippen molar-refractivity contribution in [1.29, 1.82) is 0 Å². The molecule has 38 heavy (non-hydrogen) atoms. The number of anilines is 3. The molecule has 1 fully saturated rings. The fourth-order valence-electron chi connectivity index (χ4n) is 5.47. The van der Waals surface area contributed by atoms with E-state index in [2.05, 4.69) is 63.0 Å². The van der Waals surface area contributed by atoms with E-state index >= 15 is 0 Å². The third kappa shape index (κ3) is 4.36. The van der Waals surface area contributed by atoms with Gasteiger partial charge in [-0.1, -0.05) is 24.3 Å². The number of benzene rings is 2. The molecular formula is C29H34BFN4O3. The molecule has 2 aromatic carbocycles. The minimum absolute atomic E-state index is 0.155. The topological polar surface area (TPSA) is 68.7 Å². The van der Waals surface area contributed by atoms with Crippen molar-refractivity contribution in [3.63, 3.8) is 0 Å². The van der Waals surface area contributed by atoms with Crippen molar-refractivity contribution in [2.75, 3.05) is 16.8 Å². The summed E-state index contributed by atoms with van der Waals surface area (Å²) in [5.41, 5.74) is 5.34. The fraction of sp³-hybridized carbons (Fsp3) is 0.448. The summed E-state index contributed by atoms with van der Waals surface area (Å²) < 4.78 is 32.3. The molecular weight excluding hydrogens is 482 g/mol. The summed E-state index contributed by atoms with van der Waals surface area (Å²) in [5, 5.41) is 3.43. The van der Waals surface area contributed by atoms with E-state index in [1.165, 1.54) is 17.7 Å². The molecule has 1 N–H and O–H groups in total. The summed E-state index contributed by atoms with van der Waals surface area (Å²) in [6.45, 7) is 12.0. The van der Waals surface area contributed by atoms with Crippen molar-refractivity contribution >= 4 is 30.0 Å². The normalized spacial score (nSPS) is 21.4. The second kappa shape index (κ2) is 9.33. The van der Waals surface area contributed by atoms with E-state index in [1.807, 2.05) is 6.07 Å². The van der Waals surface area contributed by atoms with Gasteiger partial charge in [0.25, 0.3) is 0 Å². The lowest BCUT2D eigenvalue weighted by Crippen LogP contribution is -2.41. The molecule has 0 amide bonds. The smallest absolute Gasteiger partial charge is 0.399 e. The van der Waals surface area contributed by atoms with Crippen molar-refractivity contribution in [3.8, 4) is 0 Å². The average Bonchev–Trinajstić information content (AvgIpc) is 3.32. The Kier molecular flexibility index (Phi) is 6.20. The van der Waals surface area contributed by atoms with Crippen LogP contribution in [0.4, 0.5) is 21.8 Å². The quantitative estimate of drug-likeness (QED) is 0.494. The lowest BCUT2D eigenvalue weighted by molar-refractivity contribution is 0.00578. The van der Waals surface area contributed by atoms with E-state index in [-0.39, 0.29) is 11.9 Å². The molecule has 3 aromatic rings. The van der Waals surface area contributed by atoms with Gasteiger partial charge in [0.2, 0.25) is 5.95 Å².